The van der Waals surface area contributed by atoms with Crippen molar-refractivity contribution in [1.82, 2.24) is 49.8 Å². The van der Waals surface area contributed by atoms with Crippen LogP contribution in [0.25, 0.3) is 22.3 Å². The van der Waals surface area contributed by atoms with Gasteiger partial charge in [-0.2, -0.15) is 23.5 Å². The van der Waals surface area contributed by atoms with Crippen LogP contribution in [0.15, 0.2) is 37.1 Å². The highest BCUT2D eigenvalue weighted by molar-refractivity contribution is 5.92. The van der Waals surface area contributed by atoms with Crippen molar-refractivity contribution in [3.63, 3.8) is 0 Å². The molecule has 4 aromatic heterocycles. The van der Waals surface area contributed by atoms with Gasteiger partial charge in [-0.3, -0.25) is 14.4 Å². The smallest absolute Gasteiger partial charge is 0.346 e. The maximum Gasteiger partial charge on any atom is 0.451 e. The van der Waals surface area contributed by atoms with Gasteiger partial charge in [-0.15, -0.1) is 0 Å². The first kappa shape index (κ1) is 29.3. The SMILES string of the molecule is N#CCC1(n2cc(-c3ncnc4[nH]ccc34)cn2)CC(N2CCN(C(=O)c3cc(CNC4CCC4)nc(C(F)(F)F)n3)CC2)C1. The summed E-state index contributed by atoms with van der Waals surface area (Å²) in [7, 11) is 0. The number of aromatic nitrogens is 7. The monoisotopic (exact) mass is 619 g/mol. The third-order valence-electron chi connectivity index (χ3n) is 9.38. The Morgan fingerprint density at radius 1 is 1.16 bits per heavy atom. The summed E-state index contributed by atoms with van der Waals surface area (Å²) in [6, 6.07) is 6.08. The summed E-state index contributed by atoms with van der Waals surface area (Å²) in [5.74, 6) is -1.81. The fourth-order valence-corrected chi connectivity index (χ4v) is 6.58. The van der Waals surface area contributed by atoms with E-state index in [1.807, 2.05) is 23.1 Å². The number of carbonyl (C=O) groups excluding carboxylic acids is 1. The molecule has 7 rings (SSSR count). The van der Waals surface area contributed by atoms with Crippen molar-refractivity contribution in [2.75, 3.05) is 26.2 Å². The van der Waals surface area contributed by atoms with Gasteiger partial charge in [0.1, 0.15) is 17.7 Å². The fraction of sp³-hybridized carbons (Fsp3) is 0.500. The van der Waals surface area contributed by atoms with E-state index in [1.54, 1.807) is 11.1 Å². The Kier molecular flexibility index (Phi) is 7.49. The van der Waals surface area contributed by atoms with Crippen LogP contribution < -0.4 is 5.32 Å². The summed E-state index contributed by atoms with van der Waals surface area (Å²) < 4.78 is 42.6. The van der Waals surface area contributed by atoms with Crippen LogP contribution in [-0.2, 0) is 18.3 Å². The highest BCUT2D eigenvalue weighted by Crippen LogP contribution is 2.45. The number of hydrogen-bond acceptors (Lipinski definition) is 9. The number of piperazine rings is 1. The van der Waals surface area contributed by atoms with E-state index in [0.717, 1.165) is 54.4 Å². The van der Waals surface area contributed by atoms with Gasteiger partial charge in [0.05, 0.1) is 35.6 Å². The molecule has 0 radical (unpaired) electrons. The summed E-state index contributed by atoms with van der Waals surface area (Å²) in [6.07, 6.45) is 7.07. The van der Waals surface area contributed by atoms with Crippen LogP contribution in [0.5, 0.6) is 0 Å². The fourth-order valence-electron chi connectivity index (χ4n) is 6.58. The van der Waals surface area contributed by atoms with Gasteiger partial charge in [0, 0.05) is 68.2 Å². The molecule has 0 spiro atoms. The molecule has 4 aromatic rings. The molecule has 0 unspecified atom stereocenters. The Morgan fingerprint density at radius 3 is 2.67 bits per heavy atom. The molecule has 3 fully saturated rings. The van der Waals surface area contributed by atoms with Gasteiger partial charge in [0.15, 0.2) is 0 Å². The molecular formula is C30H32F3N11O. The van der Waals surface area contributed by atoms with Crippen molar-refractivity contribution in [3.8, 4) is 17.3 Å². The molecule has 5 heterocycles. The van der Waals surface area contributed by atoms with Crippen molar-refractivity contribution in [2.24, 2.45) is 0 Å². The first-order valence-electron chi connectivity index (χ1n) is 15.1. The Hall–Kier alpha value is -4.42. The lowest BCUT2D eigenvalue weighted by Gasteiger charge is -2.52. The summed E-state index contributed by atoms with van der Waals surface area (Å²) in [5.41, 5.74) is 1.83. The lowest BCUT2D eigenvalue weighted by atomic mass is 9.70. The molecule has 12 nitrogen and oxygen atoms in total. The van der Waals surface area contributed by atoms with Crippen LogP contribution in [-0.4, -0.2) is 88.7 Å². The number of fused-ring (bicyclic) bond motifs is 1. The number of alkyl halides is 3. The molecule has 15 heteroatoms. The van der Waals surface area contributed by atoms with Crippen LogP contribution in [0.1, 0.15) is 60.5 Å². The quantitative estimate of drug-likeness (QED) is 0.303. The van der Waals surface area contributed by atoms with Gasteiger partial charge >= 0.3 is 6.18 Å². The zero-order valence-corrected chi connectivity index (χ0v) is 24.5. The molecule has 1 amide bonds. The van der Waals surface area contributed by atoms with Crippen LogP contribution in [0.2, 0.25) is 0 Å². The number of nitriles is 1. The largest absolute Gasteiger partial charge is 0.451 e. The van der Waals surface area contributed by atoms with E-state index in [1.165, 1.54) is 12.4 Å². The van der Waals surface area contributed by atoms with E-state index in [2.05, 4.69) is 46.3 Å². The Balaban J connectivity index is 0.998. The molecular weight excluding hydrogens is 587 g/mol. The van der Waals surface area contributed by atoms with Crippen LogP contribution in [0.3, 0.4) is 0 Å². The molecule has 45 heavy (non-hydrogen) atoms. The minimum Gasteiger partial charge on any atom is -0.346 e. The topological polar surface area (TPSA) is 145 Å². The summed E-state index contributed by atoms with van der Waals surface area (Å²) in [6.45, 7) is 2.04. The van der Waals surface area contributed by atoms with Crippen molar-refractivity contribution in [2.45, 2.75) is 68.9 Å². The van der Waals surface area contributed by atoms with Gasteiger partial charge in [-0.25, -0.2) is 19.9 Å². The highest BCUT2D eigenvalue weighted by atomic mass is 19.4. The first-order chi connectivity index (χ1) is 21.7. The van der Waals surface area contributed by atoms with Crippen molar-refractivity contribution < 1.29 is 18.0 Å². The van der Waals surface area contributed by atoms with Gasteiger partial charge in [-0.1, -0.05) is 6.42 Å². The Bertz CT molecular complexity index is 1740. The minimum absolute atomic E-state index is 0.156. The Labute approximate surface area is 256 Å². The number of nitrogens with zero attached hydrogens (tertiary/aromatic N) is 9. The van der Waals surface area contributed by atoms with Crippen LogP contribution in [0, 0.1) is 11.3 Å². The van der Waals surface area contributed by atoms with Gasteiger partial charge < -0.3 is 15.2 Å². The number of carbonyl (C=O) groups is 1. The molecule has 2 N–H and O–H groups in total. The van der Waals surface area contributed by atoms with E-state index in [9.17, 15) is 23.2 Å². The summed E-state index contributed by atoms with van der Waals surface area (Å²) in [5, 5.41) is 18.4. The molecule has 0 bridgehead atoms. The van der Waals surface area contributed by atoms with Gasteiger partial charge in [0.25, 0.3) is 5.91 Å². The summed E-state index contributed by atoms with van der Waals surface area (Å²) >= 11 is 0. The maximum absolute atomic E-state index is 13.6. The average Bonchev–Trinajstić information content (AvgIpc) is 3.68. The number of rotatable bonds is 8. The van der Waals surface area contributed by atoms with Gasteiger partial charge in [0.2, 0.25) is 5.82 Å². The number of amides is 1. The molecule has 2 aliphatic carbocycles. The zero-order valence-electron chi connectivity index (χ0n) is 24.5. The number of nitrogens with one attached hydrogen (secondary N) is 2. The molecule has 0 atom stereocenters. The zero-order chi connectivity index (χ0) is 31.2. The van der Waals surface area contributed by atoms with Crippen molar-refractivity contribution in [1.29, 1.82) is 5.26 Å². The third-order valence-corrected chi connectivity index (χ3v) is 9.38. The second-order valence-electron chi connectivity index (χ2n) is 12.2. The molecule has 1 aliphatic heterocycles. The lowest BCUT2D eigenvalue weighted by molar-refractivity contribution is -0.145. The van der Waals surface area contributed by atoms with E-state index < -0.39 is 23.4 Å². The molecule has 234 valence electrons. The van der Waals surface area contributed by atoms with Crippen molar-refractivity contribution in [3.05, 3.63) is 54.3 Å². The minimum atomic E-state index is -4.75. The number of hydrogen-bond donors (Lipinski definition) is 2. The van der Waals surface area contributed by atoms with E-state index in [4.69, 9.17) is 0 Å². The van der Waals surface area contributed by atoms with Crippen molar-refractivity contribution >= 4 is 16.9 Å². The second-order valence-corrected chi connectivity index (χ2v) is 12.2. The van der Waals surface area contributed by atoms with Crippen LogP contribution in [0.4, 0.5) is 13.2 Å². The van der Waals surface area contributed by atoms with E-state index >= 15 is 0 Å². The normalized spacial score (nSPS) is 22.6. The molecule has 2 saturated carbocycles. The van der Waals surface area contributed by atoms with E-state index in [-0.39, 0.29) is 30.0 Å². The highest BCUT2D eigenvalue weighted by Gasteiger charge is 2.49. The first-order valence-corrected chi connectivity index (χ1v) is 15.1. The standard InChI is InChI=1S/C30H32F3N11O/c31-30(32,33)28-40-21(16-36-20-2-1-3-20)12-24(41-28)27(45)43-10-8-42(9-11-43)22-13-29(14-22,5-6-34)44-17-19(15-39-44)25-23-4-7-35-26(23)38-18-37-25/h4,7,12,15,17-18,20,22,36H,1-3,5,8-11,13-14,16H2,(H,35,37,38). The third kappa shape index (κ3) is 5.64. The maximum atomic E-state index is 13.6. The number of halogens is 3. The average molecular weight is 620 g/mol. The molecule has 3 aliphatic rings. The Morgan fingerprint density at radius 2 is 1.96 bits per heavy atom. The van der Waals surface area contributed by atoms with Crippen LogP contribution >= 0.6 is 0 Å². The second kappa shape index (κ2) is 11.5. The molecule has 0 aromatic carbocycles. The summed E-state index contributed by atoms with van der Waals surface area (Å²) in [4.78, 5) is 36.3. The number of aromatic amines is 1. The lowest BCUT2D eigenvalue weighted by Crippen LogP contribution is -2.60. The molecule has 1 saturated heterocycles. The predicted molar refractivity (Wildman–Crippen MR) is 155 cm³/mol. The van der Waals surface area contributed by atoms with Gasteiger partial charge in [-0.05, 0) is 37.8 Å². The number of H-pyrrole nitrogens is 1. The predicted octanol–water partition coefficient (Wildman–Crippen LogP) is 3.50. The van der Waals surface area contributed by atoms with E-state index in [0.29, 0.717) is 32.6 Å².